The van der Waals surface area contributed by atoms with Crippen LogP contribution in [0.15, 0.2) is 35.3 Å². The van der Waals surface area contributed by atoms with Gasteiger partial charge in [-0.1, -0.05) is 51.1 Å². The van der Waals surface area contributed by atoms with Gasteiger partial charge in [0.1, 0.15) is 0 Å². The monoisotopic (exact) mass is 463 g/mol. The van der Waals surface area contributed by atoms with Gasteiger partial charge in [-0.25, -0.2) is 0 Å². The SMILES string of the molecule is CCNC(=NCC(OC)C(C)(C)C)NCCOCc1ccccc1.I. The molecular weight excluding hydrogens is 429 g/mol. The van der Waals surface area contributed by atoms with Crippen LogP contribution in [-0.2, 0) is 16.1 Å². The number of ether oxygens (including phenoxy) is 2. The zero-order valence-corrected chi connectivity index (χ0v) is 18.5. The maximum atomic E-state index is 5.68. The third-order valence-corrected chi connectivity index (χ3v) is 3.66. The van der Waals surface area contributed by atoms with Gasteiger partial charge < -0.3 is 20.1 Å². The molecule has 0 amide bonds. The van der Waals surface area contributed by atoms with Gasteiger partial charge in [0.2, 0.25) is 0 Å². The number of benzene rings is 1. The molecule has 0 aliphatic heterocycles. The lowest BCUT2D eigenvalue weighted by Crippen LogP contribution is -2.40. The minimum Gasteiger partial charge on any atom is -0.379 e. The number of nitrogens with zero attached hydrogens (tertiary/aromatic N) is 1. The van der Waals surface area contributed by atoms with Gasteiger partial charge in [-0.15, -0.1) is 24.0 Å². The minimum absolute atomic E-state index is 0. The average molecular weight is 463 g/mol. The first-order chi connectivity index (χ1) is 11.5. The lowest BCUT2D eigenvalue weighted by Gasteiger charge is -2.28. The van der Waals surface area contributed by atoms with Crippen molar-refractivity contribution in [3.05, 3.63) is 35.9 Å². The van der Waals surface area contributed by atoms with Crippen LogP contribution in [0.4, 0.5) is 0 Å². The van der Waals surface area contributed by atoms with E-state index >= 15 is 0 Å². The van der Waals surface area contributed by atoms with Crippen molar-refractivity contribution in [1.82, 2.24) is 10.6 Å². The summed E-state index contributed by atoms with van der Waals surface area (Å²) in [6.45, 7) is 12.0. The van der Waals surface area contributed by atoms with Crippen LogP contribution in [0.1, 0.15) is 33.3 Å². The molecule has 0 bridgehead atoms. The van der Waals surface area contributed by atoms with E-state index in [1.165, 1.54) is 5.56 Å². The van der Waals surface area contributed by atoms with E-state index in [-0.39, 0.29) is 35.5 Å². The zero-order valence-electron chi connectivity index (χ0n) is 16.2. The summed E-state index contributed by atoms with van der Waals surface area (Å²) in [7, 11) is 1.74. The van der Waals surface area contributed by atoms with Gasteiger partial charge in [-0.3, -0.25) is 4.99 Å². The molecule has 0 aliphatic rings. The molecule has 1 unspecified atom stereocenters. The van der Waals surface area contributed by atoms with E-state index in [9.17, 15) is 0 Å². The first-order valence-electron chi connectivity index (χ1n) is 8.64. The zero-order chi connectivity index (χ0) is 17.8. The second-order valence-corrected chi connectivity index (χ2v) is 6.77. The molecule has 0 aliphatic carbocycles. The summed E-state index contributed by atoms with van der Waals surface area (Å²) in [5.74, 6) is 0.798. The number of hydrogen-bond acceptors (Lipinski definition) is 3. The van der Waals surface area contributed by atoms with Crippen LogP contribution in [0.25, 0.3) is 0 Å². The van der Waals surface area contributed by atoms with E-state index in [0.717, 1.165) is 12.5 Å². The Hall–Kier alpha value is -0.860. The quantitative estimate of drug-likeness (QED) is 0.255. The molecule has 0 saturated heterocycles. The van der Waals surface area contributed by atoms with Crippen molar-refractivity contribution in [1.29, 1.82) is 0 Å². The highest BCUT2D eigenvalue weighted by molar-refractivity contribution is 14.0. The number of methoxy groups -OCH3 is 1. The third kappa shape index (κ3) is 10.7. The molecule has 0 fully saturated rings. The Bertz CT molecular complexity index is 475. The van der Waals surface area contributed by atoms with E-state index in [2.05, 4.69) is 55.5 Å². The molecule has 1 atom stereocenters. The molecule has 1 aromatic carbocycles. The summed E-state index contributed by atoms with van der Waals surface area (Å²) in [4.78, 5) is 4.62. The van der Waals surface area contributed by atoms with Crippen LogP contribution in [0.2, 0.25) is 0 Å². The van der Waals surface area contributed by atoms with E-state index in [0.29, 0.717) is 26.3 Å². The van der Waals surface area contributed by atoms with E-state index < -0.39 is 0 Å². The second kappa shape index (κ2) is 13.4. The van der Waals surface area contributed by atoms with E-state index in [1.54, 1.807) is 7.11 Å². The topological polar surface area (TPSA) is 54.9 Å². The number of aliphatic imine (C=N–C) groups is 1. The van der Waals surface area contributed by atoms with Crippen LogP contribution < -0.4 is 10.6 Å². The highest BCUT2D eigenvalue weighted by Gasteiger charge is 2.23. The van der Waals surface area contributed by atoms with Gasteiger partial charge >= 0.3 is 0 Å². The van der Waals surface area contributed by atoms with E-state index in [1.807, 2.05) is 18.2 Å². The maximum absolute atomic E-state index is 5.68. The van der Waals surface area contributed by atoms with Gasteiger partial charge in [-0.05, 0) is 17.9 Å². The molecule has 0 saturated carbocycles. The molecule has 0 aromatic heterocycles. The van der Waals surface area contributed by atoms with Crippen LogP contribution >= 0.6 is 24.0 Å². The third-order valence-electron chi connectivity index (χ3n) is 3.66. The lowest BCUT2D eigenvalue weighted by atomic mass is 9.89. The molecule has 0 radical (unpaired) electrons. The Morgan fingerprint density at radius 2 is 1.84 bits per heavy atom. The summed E-state index contributed by atoms with van der Waals surface area (Å²) in [5.41, 5.74) is 1.25. The smallest absolute Gasteiger partial charge is 0.191 e. The van der Waals surface area contributed by atoms with Crippen LogP contribution in [-0.4, -0.2) is 45.4 Å². The second-order valence-electron chi connectivity index (χ2n) is 6.77. The fourth-order valence-corrected chi connectivity index (χ4v) is 2.22. The van der Waals surface area contributed by atoms with Crippen LogP contribution in [0, 0.1) is 5.41 Å². The predicted octanol–water partition coefficient (Wildman–Crippen LogP) is 3.44. The Morgan fingerprint density at radius 3 is 2.40 bits per heavy atom. The number of guanidine groups is 1. The number of halogens is 1. The number of rotatable bonds is 9. The Labute approximate surface area is 170 Å². The van der Waals surface area contributed by atoms with Crippen molar-refractivity contribution >= 4 is 29.9 Å². The van der Waals surface area contributed by atoms with Crippen molar-refractivity contribution in [3.63, 3.8) is 0 Å². The standard InChI is InChI=1S/C19H33N3O2.HI/c1-6-20-18(22-14-17(23-5)19(2,3)4)21-12-13-24-15-16-10-8-7-9-11-16;/h7-11,17H,6,12-15H2,1-5H3,(H2,20,21,22);1H. The van der Waals surface area contributed by atoms with Crippen LogP contribution in [0.3, 0.4) is 0 Å². The first kappa shape index (κ1) is 24.1. The highest BCUT2D eigenvalue weighted by atomic mass is 127. The first-order valence-corrected chi connectivity index (χ1v) is 8.64. The van der Waals surface area contributed by atoms with Crippen molar-refractivity contribution < 1.29 is 9.47 Å². The molecule has 1 rings (SSSR count). The van der Waals surface area contributed by atoms with E-state index in [4.69, 9.17) is 9.47 Å². The number of hydrogen-bond donors (Lipinski definition) is 2. The fraction of sp³-hybridized carbons (Fsp3) is 0.632. The fourth-order valence-electron chi connectivity index (χ4n) is 2.22. The summed E-state index contributed by atoms with van der Waals surface area (Å²) in [5, 5.41) is 6.55. The molecule has 6 heteroatoms. The molecule has 144 valence electrons. The van der Waals surface area contributed by atoms with Crippen molar-refractivity contribution in [2.45, 2.75) is 40.4 Å². The summed E-state index contributed by atoms with van der Waals surface area (Å²) in [6.07, 6.45) is 0.0855. The maximum Gasteiger partial charge on any atom is 0.191 e. The molecule has 2 N–H and O–H groups in total. The number of nitrogens with one attached hydrogen (secondary N) is 2. The van der Waals surface area contributed by atoms with Gasteiger partial charge in [0.05, 0.1) is 25.9 Å². The molecule has 25 heavy (non-hydrogen) atoms. The normalized spacial score (nSPS) is 13.1. The van der Waals surface area contributed by atoms with Crippen molar-refractivity contribution in [3.8, 4) is 0 Å². The summed E-state index contributed by atoms with van der Waals surface area (Å²) >= 11 is 0. The molecule has 0 spiro atoms. The Morgan fingerprint density at radius 1 is 1.16 bits per heavy atom. The highest BCUT2D eigenvalue weighted by Crippen LogP contribution is 2.21. The minimum atomic E-state index is 0. The van der Waals surface area contributed by atoms with Gasteiger partial charge in [-0.2, -0.15) is 0 Å². The van der Waals surface area contributed by atoms with Crippen molar-refractivity contribution in [2.24, 2.45) is 10.4 Å². The Kier molecular flexibility index (Phi) is 12.9. The van der Waals surface area contributed by atoms with Crippen LogP contribution in [0.5, 0.6) is 0 Å². The van der Waals surface area contributed by atoms with Crippen molar-refractivity contribution in [2.75, 3.05) is 33.4 Å². The van der Waals surface area contributed by atoms with Gasteiger partial charge in [0.25, 0.3) is 0 Å². The van der Waals surface area contributed by atoms with Gasteiger partial charge in [0, 0.05) is 20.2 Å². The molecular formula is C19H34IN3O2. The molecule has 0 heterocycles. The van der Waals surface area contributed by atoms with Gasteiger partial charge in [0.15, 0.2) is 5.96 Å². The summed E-state index contributed by atoms with van der Waals surface area (Å²) in [6, 6.07) is 10.2. The summed E-state index contributed by atoms with van der Waals surface area (Å²) < 4.78 is 11.2. The predicted molar refractivity (Wildman–Crippen MR) is 116 cm³/mol. The molecule has 1 aromatic rings. The lowest BCUT2D eigenvalue weighted by molar-refractivity contribution is 0.0241. The Balaban J connectivity index is 0.00000576. The molecule has 5 nitrogen and oxygen atoms in total. The largest absolute Gasteiger partial charge is 0.379 e. The average Bonchev–Trinajstić information content (AvgIpc) is 2.54.